The largest absolute Gasteiger partial charge is 0.392 e. The lowest BCUT2D eigenvalue weighted by Gasteiger charge is -2.28. The fraction of sp³-hybridized carbons (Fsp3) is 0.105. The second-order valence-electron chi connectivity index (χ2n) is 5.43. The molecule has 0 spiro atoms. The summed E-state index contributed by atoms with van der Waals surface area (Å²) < 4.78 is 0. The number of aliphatic hydroxyl groups is 2. The van der Waals surface area contributed by atoms with E-state index in [2.05, 4.69) is 10.4 Å². The number of hydrogen-bond acceptors (Lipinski definition) is 4. The summed E-state index contributed by atoms with van der Waals surface area (Å²) in [4.78, 5) is 15.4. The van der Waals surface area contributed by atoms with Crippen LogP contribution in [0.5, 0.6) is 0 Å². The van der Waals surface area contributed by atoms with Crippen LogP contribution in [0.1, 0.15) is 21.6 Å². The van der Waals surface area contributed by atoms with Crippen LogP contribution < -0.4 is 10.4 Å². The van der Waals surface area contributed by atoms with E-state index in [-0.39, 0.29) is 19.1 Å². The number of anilines is 2. The molecule has 3 aromatic rings. The second-order valence-corrected chi connectivity index (χ2v) is 5.43. The van der Waals surface area contributed by atoms with E-state index in [9.17, 15) is 15.0 Å². The van der Waals surface area contributed by atoms with Gasteiger partial charge in [-0.25, -0.2) is 0 Å². The van der Waals surface area contributed by atoms with E-state index in [1.807, 2.05) is 24.3 Å². The predicted molar refractivity (Wildman–Crippen MR) is 95.1 cm³/mol. The fourth-order valence-electron chi connectivity index (χ4n) is 2.61. The van der Waals surface area contributed by atoms with Crippen molar-refractivity contribution in [2.75, 3.05) is 5.01 Å². The summed E-state index contributed by atoms with van der Waals surface area (Å²) in [5.41, 5.74) is 5.82. The molecular formula is C19H19N3O3. The lowest BCUT2D eigenvalue weighted by atomic mass is 10.1. The zero-order valence-electron chi connectivity index (χ0n) is 13.5. The smallest absolute Gasteiger partial charge is 0.286 e. The van der Waals surface area contributed by atoms with Gasteiger partial charge in [-0.1, -0.05) is 36.4 Å². The molecule has 1 heterocycles. The summed E-state index contributed by atoms with van der Waals surface area (Å²) in [5, 5.41) is 20.9. The van der Waals surface area contributed by atoms with Crippen LogP contribution in [0.25, 0.3) is 0 Å². The lowest BCUT2D eigenvalue weighted by molar-refractivity contribution is 0.0949. The maximum atomic E-state index is 12.6. The van der Waals surface area contributed by atoms with Gasteiger partial charge in [0, 0.05) is 17.3 Å². The Morgan fingerprint density at radius 2 is 1.44 bits per heavy atom. The summed E-state index contributed by atoms with van der Waals surface area (Å²) in [6, 6.07) is 17.9. The minimum absolute atomic E-state index is 0.174. The maximum absolute atomic E-state index is 12.6. The zero-order valence-corrected chi connectivity index (χ0v) is 13.5. The summed E-state index contributed by atoms with van der Waals surface area (Å²) >= 11 is 0. The number of amides is 1. The Labute approximate surface area is 145 Å². The minimum Gasteiger partial charge on any atom is -0.392 e. The molecule has 128 valence electrons. The summed E-state index contributed by atoms with van der Waals surface area (Å²) in [6.45, 7) is -0.349. The molecule has 25 heavy (non-hydrogen) atoms. The molecule has 0 fully saturated rings. The van der Waals surface area contributed by atoms with Gasteiger partial charge in [0.2, 0.25) is 0 Å². The van der Waals surface area contributed by atoms with Crippen LogP contribution in [-0.2, 0) is 13.2 Å². The molecule has 0 atom stereocenters. The van der Waals surface area contributed by atoms with E-state index < -0.39 is 0 Å². The highest BCUT2D eigenvalue weighted by molar-refractivity contribution is 5.94. The van der Waals surface area contributed by atoms with Gasteiger partial charge in [0.05, 0.1) is 24.6 Å². The van der Waals surface area contributed by atoms with Crippen molar-refractivity contribution in [3.63, 3.8) is 0 Å². The number of hydrazine groups is 1. The van der Waals surface area contributed by atoms with Crippen molar-refractivity contribution in [2.24, 2.45) is 0 Å². The monoisotopic (exact) mass is 337 g/mol. The highest BCUT2D eigenvalue weighted by Gasteiger charge is 2.19. The Bertz CT molecular complexity index is 799. The third-order valence-electron chi connectivity index (χ3n) is 3.86. The van der Waals surface area contributed by atoms with Crippen LogP contribution in [0, 0.1) is 0 Å². The number of nitrogens with one attached hydrogen (secondary N) is 2. The van der Waals surface area contributed by atoms with Crippen molar-refractivity contribution in [3.8, 4) is 0 Å². The van der Waals surface area contributed by atoms with Crippen LogP contribution in [0.3, 0.4) is 0 Å². The minimum atomic E-state index is -0.328. The molecule has 0 aliphatic rings. The number of carbonyl (C=O) groups excluding carboxylic acids is 1. The molecule has 0 radical (unpaired) electrons. The number of H-pyrrole nitrogens is 1. The first-order valence-corrected chi connectivity index (χ1v) is 7.86. The van der Waals surface area contributed by atoms with Gasteiger partial charge >= 0.3 is 0 Å². The number of aromatic nitrogens is 1. The lowest BCUT2D eigenvalue weighted by Crippen LogP contribution is -2.40. The number of benzene rings is 2. The molecule has 3 rings (SSSR count). The zero-order chi connectivity index (χ0) is 17.6. The van der Waals surface area contributed by atoms with Gasteiger partial charge < -0.3 is 15.2 Å². The Kier molecular flexibility index (Phi) is 5.13. The number of rotatable bonds is 6. The van der Waals surface area contributed by atoms with E-state index in [4.69, 9.17) is 0 Å². The first-order chi connectivity index (χ1) is 12.2. The molecule has 0 aliphatic heterocycles. The molecule has 1 aromatic heterocycles. The van der Waals surface area contributed by atoms with Gasteiger partial charge in [-0.05, 0) is 24.3 Å². The van der Waals surface area contributed by atoms with Crippen LogP contribution >= 0.6 is 0 Å². The molecule has 6 nitrogen and oxygen atoms in total. The van der Waals surface area contributed by atoms with Crippen molar-refractivity contribution in [2.45, 2.75) is 13.2 Å². The first kappa shape index (κ1) is 16.8. The Balaban J connectivity index is 2.06. The van der Waals surface area contributed by atoms with Crippen LogP contribution in [0.4, 0.5) is 11.4 Å². The van der Waals surface area contributed by atoms with Gasteiger partial charge in [-0.2, -0.15) is 0 Å². The topological polar surface area (TPSA) is 88.6 Å². The van der Waals surface area contributed by atoms with Gasteiger partial charge in [0.25, 0.3) is 5.91 Å². The Morgan fingerprint density at radius 3 is 1.92 bits per heavy atom. The summed E-state index contributed by atoms with van der Waals surface area (Å²) in [5.74, 6) is -0.328. The SMILES string of the molecule is O=C(NN(c1ccccc1CO)c1ccccc1CO)c1ccc[nH]1. The highest BCUT2D eigenvalue weighted by atomic mass is 16.3. The van der Waals surface area contributed by atoms with Gasteiger partial charge in [-0.15, -0.1) is 0 Å². The predicted octanol–water partition coefficient (Wildman–Crippen LogP) is 2.48. The highest BCUT2D eigenvalue weighted by Crippen LogP contribution is 2.30. The standard InChI is InChI=1S/C19H19N3O3/c23-12-14-6-1-3-9-17(14)22(18-10-4-2-7-15(18)13-24)21-19(25)16-8-5-11-20-16/h1-11,20,23-24H,12-13H2,(H,21,25). The number of para-hydroxylation sites is 2. The fourth-order valence-corrected chi connectivity index (χ4v) is 2.61. The van der Waals surface area contributed by atoms with E-state index in [1.165, 1.54) is 0 Å². The van der Waals surface area contributed by atoms with Crippen molar-refractivity contribution in [1.82, 2.24) is 10.4 Å². The quantitative estimate of drug-likeness (QED) is 0.520. The Morgan fingerprint density at radius 1 is 0.880 bits per heavy atom. The second kappa shape index (κ2) is 7.65. The van der Waals surface area contributed by atoms with Crippen molar-refractivity contribution in [1.29, 1.82) is 0 Å². The molecule has 0 unspecified atom stereocenters. The summed E-state index contributed by atoms with van der Waals surface area (Å²) in [7, 11) is 0. The normalized spacial score (nSPS) is 10.5. The number of carbonyl (C=O) groups is 1. The average Bonchev–Trinajstić information content (AvgIpc) is 3.21. The van der Waals surface area contributed by atoms with Crippen LogP contribution in [0.2, 0.25) is 0 Å². The van der Waals surface area contributed by atoms with E-state index in [0.29, 0.717) is 28.2 Å². The first-order valence-electron chi connectivity index (χ1n) is 7.86. The number of nitrogens with zero attached hydrogens (tertiary/aromatic N) is 1. The number of aliphatic hydroxyl groups excluding tert-OH is 2. The molecular weight excluding hydrogens is 318 g/mol. The molecule has 4 N–H and O–H groups in total. The Hall–Kier alpha value is -3.09. The van der Waals surface area contributed by atoms with Crippen molar-refractivity contribution in [3.05, 3.63) is 83.7 Å². The molecule has 0 saturated heterocycles. The van der Waals surface area contributed by atoms with Crippen LogP contribution in [0.15, 0.2) is 66.9 Å². The third kappa shape index (κ3) is 3.55. The molecule has 1 amide bonds. The summed E-state index contributed by atoms with van der Waals surface area (Å²) in [6.07, 6.45) is 1.67. The molecule has 6 heteroatoms. The van der Waals surface area contributed by atoms with Crippen molar-refractivity contribution < 1.29 is 15.0 Å². The van der Waals surface area contributed by atoms with Crippen molar-refractivity contribution >= 4 is 17.3 Å². The van der Waals surface area contributed by atoms with E-state index in [1.54, 1.807) is 47.6 Å². The number of aromatic amines is 1. The van der Waals surface area contributed by atoms with Crippen LogP contribution in [-0.4, -0.2) is 21.1 Å². The van der Waals surface area contributed by atoms with Gasteiger partial charge in [-0.3, -0.25) is 15.2 Å². The third-order valence-corrected chi connectivity index (χ3v) is 3.86. The maximum Gasteiger partial charge on any atom is 0.286 e. The van der Waals surface area contributed by atoms with E-state index in [0.717, 1.165) is 0 Å². The van der Waals surface area contributed by atoms with Gasteiger partial charge in [0.15, 0.2) is 0 Å². The van der Waals surface area contributed by atoms with E-state index >= 15 is 0 Å². The molecule has 2 aromatic carbocycles. The molecule has 0 bridgehead atoms. The molecule has 0 aliphatic carbocycles. The molecule has 0 saturated carbocycles. The average molecular weight is 337 g/mol. The van der Waals surface area contributed by atoms with Gasteiger partial charge in [0.1, 0.15) is 5.69 Å². The number of hydrogen-bond donors (Lipinski definition) is 4.